The van der Waals surface area contributed by atoms with Crippen molar-refractivity contribution < 1.29 is 0 Å². The van der Waals surface area contributed by atoms with E-state index in [1.54, 1.807) is 27.7 Å². The molecule has 2 heterocycles. The first-order valence-corrected chi connectivity index (χ1v) is 11.1. The van der Waals surface area contributed by atoms with E-state index in [2.05, 4.69) is 42.5 Å². The Kier molecular flexibility index (Phi) is 4.29. The first-order chi connectivity index (χ1) is 13.2. The normalized spacial score (nSPS) is 14.0. The maximum absolute atomic E-state index is 13.0. The maximum Gasteiger partial charge on any atom is 0.262 e. The molecule has 5 heteroatoms. The van der Waals surface area contributed by atoms with Gasteiger partial charge in [-0.1, -0.05) is 54.2 Å². The molecular weight excluding hydrogens is 372 g/mol. The Morgan fingerprint density at radius 2 is 1.93 bits per heavy atom. The highest BCUT2D eigenvalue weighted by atomic mass is 32.2. The second-order valence-electron chi connectivity index (χ2n) is 7.08. The molecule has 0 atom stereocenters. The van der Waals surface area contributed by atoms with Crippen LogP contribution in [-0.4, -0.2) is 9.55 Å². The molecule has 1 aliphatic rings. The van der Waals surface area contributed by atoms with Crippen LogP contribution in [0, 0.1) is 0 Å². The van der Waals surface area contributed by atoms with Crippen molar-refractivity contribution >= 4 is 44.1 Å². The van der Waals surface area contributed by atoms with Crippen LogP contribution in [0.5, 0.6) is 0 Å². The fourth-order valence-corrected chi connectivity index (χ4v) is 6.24. The first-order valence-electron chi connectivity index (χ1n) is 9.33. The molecule has 1 aliphatic carbocycles. The van der Waals surface area contributed by atoms with Gasteiger partial charge in [0.1, 0.15) is 4.83 Å². The lowest BCUT2D eigenvalue weighted by atomic mass is 9.97. The monoisotopic (exact) mass is 392 g/mol. The zero-order valence-corrected chi connectivity index (χ0v) is 16.8. The fourth-order valence-electron chi connectivity index (χ4n) is 3.96. The molecular formula is C22H20N2OS2. The minimum atomic E-state index is 0.111. The van der Waals surface area contributed by atoms with Crippen molar-refractivity contribution in [3.8, 4) is 0 Å². The Morgan fingerprint density at radius 3 is 2.85 bits per heavy atom. The minimum Gasteiger partial charge on any atom is -0.290 e. The summed E-state index contributed by atoms with van der Waals surface area (Å²) in [5, 5.41) is 4.19. The van der Waals surface area contributed by atoms with Crippen molar-refractivity contribution in [2.24, 2.45) is 7.05 Å². The molecule has 2 aromatic carbocycles. The van der Waals surface area contributed by atoms with Crippen LogP contribution in [0.4, 0.5) is 0 Å². The number of thioether (sulfide) groups is 1. The Balaban J connectivity index is 1.54. The molecule has 0 unspecified atom stereocenters. The number of rotatable bonds is 3. The van der Waals surface area contributed by atoms with Crippen LogP contribution in [0.25, 0.3) is 21.0 Å². The number of nitrogens with zero attached hydrogens (tertiary/aromatic N) is 2. The molecule has 0 amide bonds. The summed E-state index contributed by atoms with van der Waals surface area (Å²) in [6.45, 7) is 0. The van der Waals surface area contributed by atoms with Gasteiger partial charge in [0.2, 0.25) is 0 Å². The van der Waals surface area contributed by atoms with E-state index in [4.69, 9.17) is 4.98 Å². The van der Waals surface area contributed by atoms with Crippen LogP contribution in [-0.2, 0) is 25.6 Å². The number of hydrogen-bond acceptors (Lipinski definition) is 4. The predicted molar refractivity (Wildman–Crippen MR) is 115 cm³/mol. The van der Waals surface area contributed by atoms with Gasteiger partial charge < -0.3 is 0 Å². The number of aromatic nitrogens is 2. The van der Waals surface area contributed by atoms with Crippen LogP contribution < -0.4 is 5.56 Å². The number of aryl methyl sites for hydroxylation is 2. The molecule has 3 nitrogen and oxygen atoms in total. The van der Waals surface area contributed by atoms with Crippen molar-refractivity contribution in [1.29, 1.82) is 0 Å². The van der Waals surface area contributed by atoms with Gasteiger partial charge >= 0.3 is 0 Å². The zero-order chi connectivity index (χ0) is 18.4. The molecule has 0 fully saturated rings. The van der Waals surface area contributed by atoms with Crippen molar-refractivity contribution in [1.82, 2.24) is 9.55 Å². The van der Waals surface area contributed by atoms with Gasteiger partial charge in [0.05, 0.1) is 5.39 Å². The number of fused-ring (bicyclic) bond motifs is 4. The predicted octanol–water partition coefficient (Wildman–Crippen LogP) is 5.32. The topological polar surface area (TPSA) is 34.9 Å². The summed E-state index contributed by atoms with van der Waals surface area (Å²) in [5.74, 6) is 0.804. The van der Waals surface area contributed by atoms with Gasteiger partial charge in [0, 0.05) is 17.7 Å². The lowest BCUT2D eigenvalue weighted by Gasteiger charge is -2.11. The molecule has 0 saturated heterocycles. The quantitative estimate of drug-likeness (QED) is 0.350. The largest absolute Gasteiger partial charge is 0.290 e. The summed E-state index contributed by atoms with van der Waals surface area (Å²) < 4.78 is 1.74. The Morgan fingerprint density at radius 1 is 1.11 bits per heavy atom. The summed E-state index contributed by atoms with van der Waals surface area (Å²) in [5.41, 5.74) is 2.65. The van der Waals surface area contributed by atoms with E-state index in [9.17, 15) is 4.79 Å². The highest BCUT2D eigenvalue weighted by Gasteiger charge is 2.21. The van der Waals surface area contributed by atoms with Crippen molar-refractivity contribution in [2.75, 3.05) is 0 Å². The molecule has 27 heavy (non-hydrogen) atoms. The molecule has 0 N–H and O–H groups in total. The van der Waals surface area contributed by atoms with E-state index in [0.29, 0.717) is 0 Å². The molecule has 0 spiro atoms. The van der Waals surface area contributed by atoms with E-state index in [0.717, 1.165) is 34.0 Å². The van der Waals surface area contributed by atoms with Crippen molar-refractivity contribution in [3.05, 3.63) is 68.8 Å². The van der Waals surface area contributed by atoms with Crippen molar-refractivity contribution in [2.45, 2.75) is 36.6 Å². The second kappa shape index (κ2) is 6.80. The molecule has 2 aromatic heterocycles. The van der Waals surface area contributed by atoms with Gasteiger partial charge in [-0.3, -0.25) is 9.36 Å². The number of benzene rings is 2. The van der Waals surface area contributed by atoms with Gasteiger partial charge in [-0.2, -0.15) is 0 Å². The van der Waals surface area contributed by atoms with Crippen LogP contribution in [0.1, 0.15) is 28.8 Å². The lowest BCUT2D eigenvalue weighted by molar-refractivity contribution is 0.695. The molecule has 0 bridgehead atoms. The summed E-state index contributed by atoms with van der Waals surface area (Å²) in [6.07, 6.45) is 4.52. The Bertz CT molecular complexity index is 1220. The molecule has 0 saturated carbocycles. The third-order valence-electron chi connectivity index (χ3n) is 5.39. The third kappa shape index (κ3) is 2.89. The molecule has 5 rings (SSSR count). The zero-order valence-electron chi connectivity index (χ0n) is 15.2. The van der Waals surface area contributed by atoms with E-state index in [1.807, 2.05) is 7.05 Å². The van der Waals surface area contributed by atoms with E-state index in [-0.39, 0.29) is 5.56 Å². The van der Waals surface area contributed by atoms with Crippen LogP contribution >= 0.6 is 23.1 Å². The SMILES string of the molecule is Cn1c(SCc2cccc3ccccc23)nc2sc3c(c2c1=O)CCCC3. The van der Waals surface area contributed by atoms with E-state index in [1.165, 1.54) is 39.6 Å². The fraction of sp³-hybridized carbons (Fsp3) is 0.273. The van der Waals surface area contributed by atoms with Crippen LogP contribution in [0.2, 0.25) is 0 Å². The standard InChI is InChI=1S/C22H20N2OS2/c1-24-21(25)19-17-11-4-5-12-18(17)27-20(19)23-22(24)26-13-15-9-6-8-14-7-2-3-10-16(14)15/h2-3,6-10H,4-5,11-13H2,1H3. The summed E-state index contributed by atoms with van der Waals surface area (Å²) >= 11 is 3.37. The van der Waals surface area contributed by atoms with Gasteiger partial charge in [-0.05, 0) is 47.6 Å². The molecule has 4 aromatic rings. The van der Waals surface area contributed by atoms with Gasteiger partial charge in [0.15, 0.2) is 5.16 Å². The van der Waals surface area contributed by atoms with Gasteiger partial charge in [-0.25, -0.2) is 4.98 Å². The summed E-state index contributed by atoms with van der Waals surface area (Å²) in [4.78, 5) is 20.2. The highest BCUT2D eigenvalue weighted by molar-refractivity contribution is 7.98. The molecule has 136 valence electrons. The van der Waals surface area contributed by atoms with Crippen LogP contribution in [0.3, 0.4) is 0 Å². The minimum absolute atomic E-state index is 0.111. The van der Waals surface area contributed by atoms with Gasteiger partial charge in [-0.15, -0.1) is 11.3 Å². The van der Waals surface area contributed by atoms with Crippen LogP contribution in [0.15, 0.2) is 52.4 Å². The lowest BCUT2D eigenvalue weighted by Crippen LogP contribution is -2.20. The van der Waals surface area contributed by atoms with Gasteiger partial charge in [0.25, 0.3) is 5.56 Å². The summed E-state index contributed by atoms with van der Waals surface area (Å²) in [7, 11) is 1.85. The Hall–Kier alpha value is -2.11. The number of hydrogen-bond donors (Lipinski definition) is 0. The van der Waals surface area contributed by atoms with E-state index < -0.39 is 0 Å². The average Bonchev–Trinajstić information content (AvgIpc) is 3.08. The van der Waals surface area contributed by atoms with Crippen molar-refractivity contribution in [3.63, 3.8) is 0 Å². The average molecular weight is 393 g/mol. The first kappa shape index (κ1) is 17.0. The highest BCUT2D eigenvalue weighted by Crippen LogP contribution is 2.35. The molecule has 0 radical (unpaired) electrons. The smallest absolute Gasteiger partial charge is 0.262 e. The van der Waals surface area contributed by atoms with E-state index >= 15 is 0 Å². The second-order valence-corrected chi connectivity index (χ2v) is 9.10. The Labute approximate surface area is 166 Å². The third-order valence-corrected chi connectivity index (χ3v) is 7.66. The molecule has 0 aliphatic heterocycles. The maximum atomic E-state index is 13.0. The summed E-state index contributed by atoms with van der Waals surface area (Å²) in [6, 6.07) is 14.8. The number of thiophene rings is 1.